The van der Waals surface area contributed by atoms with E-state index in [9.17, 15) is 4.79 Å². The Bertz CT molecular complexity index is 415. The van der Waals surface area contributed by atoms with Gasteiger partial charge in [0.1, 0.15) is 0 Å². The largest absolute Gasteiger partial charge is 0.476 e. The van der Waals surface area contributed by atoms with Gasteiger partial charge in [-0.1, -0.05) is 0 Å². The number of ether oxygens (including phenoxy) is 1. The van der Waals surface area contributed by atoms with Crippen LogP contribution in [0.1, 0.15) is 42.5 Å². The van der Waals surface area contributed by atoms with Gasteiger partial charge in [0, 0.05) is 5.56 Å². The predicted octanol–water partition coefficient (Wildman–Crippen LogP) is 1.37. The Morgan fingerprint density at radius 1 is 1.47 bits per heavy atom. The molecule has 1 aliphatic heterocycles. The number of carboxylic acid groups (broad SMARTS) is 1. The van der Waals surface area contributed by atoms with E-state index in [4.69, 9.17) is 9.84 Å². The zero-order valence-corrected chi connectivity index (χ0v) is 9.07. The SMILES string of the molecule is CC(C)(C)n1nc(C(=O)O)c2c1COC2. The van der Waals surface area contributed by atoms with Crippen LogP contribution in [0, 0.1) is 0 Å². The summed E-state index contributed by atoms with van der Waals surface area (Å²) >= 11 is 0. The minimum absolute atomic E-state index is 0.123. The van der Waals surface area contributed by atoms with E-state index in [1.165, 1.54) is 0 Å². The van der Waals surface area contributed by atoms with Crippen LogP contribution in [0.3, 0.4) is 0 Å². The number of aromatic nitrogens is 2. The highest BCUT2D eigenvalue weighted by Gasteiger charge is 2.30. The molecule has 0 saturated carbocycles. The Labute approximate surface area is 87.7 Å². The standard InChI is InChI=1S/C10H14N2O3/c1-10(2,3)12-7-5-15-4-6(7)8(11-12)9(13)14/h4-5H2,1-3H3,(H,13,14). The van der Waals surface area contributed by atoms with Gasteiger partial charge in [-0.2, -0.15) is 5.10 Å². The van der Waals surface area contributed by atoms with E-state index >= 15 is 0 Å². The summed E-state index contributed by atoms with van der Waals surface area (Å²) in [5.74, 6) is -0.986. The molecule has 0 fully saturated rings. The number of hydrogen-bond acceptors (Lipinski definition) is 3. The van der Waals surface area contributed by atoms with Crippen LogP contribution in [0.4, 0.5) is 0 Å². The van der Waals surface area contributed by atoms with Crippen molar-refractivity contribution < 1.29 is 14.6 Å². The van der Waals surface area contributed by atoms with Gasteiger partial charge in [0.25, 0.3) is 0 Å². The molecular formula is C10H14N2O3. The zero-order valence-electron chi connectivity index (χ0n) is 9.07. The van der Waals surface area contributed by atoms with E-state index in [0.29, 0.717) is 13.2 Å². The second-order valence-corrected chi connectivity index (χ2v) is 4.65. The fourth-order valence-corrected chi connectivity index (χ4v) is 1.76. The first kappa shape index (κ1) is 10.2. The quantitative estimate of drug-likeness (QED) is 0.760. The van der Waals surface area contributed by atoms with Gasteiger partial charge >= 0.3 is 5.97 Å². The molecule has 0 spiro atoms. The zero-order chi connectivity index (χ0) is 11.2. The second kappa shape index (κ2) is 3.06. The Hall–Kier alpha value is -1.36. The van der Waals surface area contributed by atoms with Crippen LogP contribution in [0.2, 0.25) is 0 Å². The highest BCUT2D eigenvalue weighted by molar-refractivity contribution is 5.87. The van der Waals surface area contributed by atoms with E-state index < -0.39 is 5.97 Å². The number of hydrogen-bond donors (Lipinski definition) is 1. The van der Waals surface area contributed by atoms with E-state index in [1.54, 1.807) is 4.68 Å². The molecule has 0 saturated heterocycles. The number of rotatable bonds is 1. The molecule has 0 unspecified atom stereocenters. The third-order valence-electron chi connectivity index (χ3n) is 2.41. The molecule has 2 heterocycles. The Morgan fingerprint density at radius 2 is 2.13 bits per heavy atom. The molecule has 0 aliphatic carbocycles. The molecule has 1 aromatic heterocycles. The van der Waals surface area contributed by atoms with Gasteiger partial charge in [-0.25, -0.2) is 4.79 Å². The molecule has 0 bridgehead atoms. The third-order valence-corrected chi connectivity index (χ3v) is 2.41. The molecule has 1 N–H and O–H groups in total. The van der Waals surface area contributed by atoms with Crippen LogP contribution >= 0.6 is 0 Å². The summed E-state index contributed by atoms with van der Waals surface area (Å²) in [6, 6.07) is 0. The summed E-state index contributed by atoms with van der Waals surface area (Å²) in [7, 11) is 0. The molecule has 1 aliphatic rings. The van der Waals surface area contributed by atoms with Crippen molar-refractivity contribution in [2.24, 2.45) is 0 Å². The van der Waals surface area contributed by atoms with Crippen molar-refractivity contribution in [2.45, 2.75) is 39.5 Å². The molecule has 0 radical (unpaired) electrons. The van der Waals surface area contributed by atoms with Gasteiger partial charge in [-0.05, 0) is 20.8 Å². The van der Waals surface area contributed by atoms with E-state index in [0.717, 1.165) is 11.3 Å². The summed E-state index contributed by atoms with van der Waals surface area (Å²) in [4.78, 5) is 11.0. The Morgan fingerprint density at radius 3 is 2.67 bits per heavy atom. The summed E-state index contributed by atoms with van der Waals surface area (Å²) < 4.78 is 7.01. The minimum atomic E-state index is -0.986. The minimum Gasteiger partial charge on any atom is -0.476 e. The van der Waals surface area contributed by atoms with Crippen LogP contribution < -0.4 is 0 Å². The maximum atomic E-state index is 11.0. The smallest absolute Gasteiger partial charge is 0.356 e. The molecule has 0 atom stereocenters. The molecular weight excluding hydrogens is 196 g/mol. The number of fused-ring (bicyclic) bond motifs is 1. The van der Waals surface area contributed by atoms with Crippen LogP contribution in [-0.2, 0) is 23.5 Å². The fourth-order valence-electron chi connectivity index (χ4n) is 1.76. The summed E-state index contributed by atoms with van der Waals surface area (Å²) in [5.41, 5.74) is 1.51. The highest BCUT2D eigenvalue weighted by Crippen LogP contribution is 2.28. The highest BCUT2D eigenvalue weighted by atomic mass is 16.5. The lowest BCUT2D eigenvalue weighted by Crippen LogP contribution is -2.25. The first-order chi connectivity index (χ1) is 6.91. The monoisotopic (exact) mass is 210 g/mol. The summed E-state index contributed by atoms with van der Waals surface area (Å²) in [5, 5.41) is 13.1. The molecule has 2 rings (SSSR count). The van der Waals surface area contributed by atoms with Gasteiger partial charge in [-0.3, -0.25) is 4.68 Å². The van der Waals surface area contributed by atoms with Crippen molar-refractivity contribution in [1.82, 2.24) is 9.78 Å². The maximum absolute atomic E-state index is 11.0. The summed E-state index contributed by atoms with van der Waals surface area (Å²) in [6.07, 6.45) is 0. The molecule has 0 aromatic carbocycles. The van der Waals surface area contributed by atoms with Crippen LogP contribution in [0.15, 0.2) is 0 Å². The lowest BCUT2D eigenvalue weighted by atomic mass is 10.1. The van der Waals surface area contributed by atoms with Crippen molar-refractivity contribution in [3.05, 3.63) is 17.0 Å². The predicted molar refractivity (Wildman–Crippen MR) is 52.7 cm³/mol. The fraction of sp³-hybridized carbons (Fsp3) is 0.600. The average molecular weight is 210 g/mol. The number of nitrogens with zero attached hydrogens (tertiary/aromatic N) is 2. The van der Waals surface area contributed by atoms with Gasteiger partial charge in [0.15, 0.2) is 5.69 Å². The van der Waals surface area contributed by atoms with Crippen LogP contribution in [-0.4, -0.2) is 20.9 Å². The van der Waals surface area contributed by atoms with Gasteiger partial charge in [0.05, 0.1) is 24.4 Å². The van der Waals surface area contributed by atoms with E-state index in [1.807, 2.05) is 20.8 Å². The van der Waals surface area contributed by atoms with Crippen LogP contribution in [0.25, 0.3) is 0 Å². The molecule has 15 heavy (non-hydrogen) atoms. The Balaban J connectivity index is 2.59. The first-order valence-corrected chi connectivity index (χ1v) is 4.83. The lowest BCUT2D eigenvalue weighted by Gasteiger charge is -2.21. The van der Waals surface area contributed by atoms with Crippen LogP contribution in [0.5, 0.6) is 0 Å². The molecule has 5 nitrogen and oxygen atoms in total. The molecule has 82 valence electrons. The van der Waals surface area contributed by atoms with Crippen molar-refractivity contribution in [1.29, 1.82) is 0 Å². The molecule has 0 amide bonds. The number of carbonyl (C=O) groups is 1. The van der Waals surface area contributed by atoms with Crippen molar-refractivity contribution >= 4 is 5.97 Å². The van der Waals surface area contributed by atoms with Crippen molar-refractivity contribution in [3.8, 4) is 0 Å². The third kappa shape index (κ3) is 1.52. The number of carboxylic acids is 1. The first-order valence-electron chi connectivity index (χ1n) is 4.83. The summed E-state index contributed by atoms with van der Waals surface area (Å²) in [6.45, 7) is 6.78. The van der Waals surface area contributed by atoms with Crippen molar-refractivity contribution in [3.63, 3.8) is 0 Å². The van der Waals surface area contributed by atoms with E-state index in [-0.39, 0.29) is 11.2 Å². The van der Waals surface area contributed by atoms with Crippen molar-refractivity contribution in [2.75, 3.05) is 0 Å². The second-order valence-electron chi connectivity index (χ2n) is 4.65. The number of aromatic carboxylic acids is 1. The topological polar surface area (TPSA) is 64.4 Å². The molecule has 5 heteroatoms. The average Bonchev–Trinajstić information content (AvgIpc) is 2.57. The van der Waals surface area contributed by atoms with Gasteiger partial charge < -0.3 is 9.84 Å². The Kier molecular flexibility index (Phi) is 2.08. The lowest BCUT2D eigenvalue weighted by molar-refractivity contribution is 0.0680. The maximum Gasteiger partial charge on any atom is 0.356 e. The van der Waals surface area contributed by atoms with Gasteiger partial charge in [0.2, 0.25) is 0 Å². The normalized spacial score (nSPS) is 15.4. The molecule has 1 aromatic rings. The van der Waals surface area contributed by atoms with E-state index in [2.05, 4.69) is 5.10 Å². The van der Waals surface area contributed by atoms with Gasteiger partial charge in [-0.15, -0.1) is 0 Å².